The minimum atomic E-state index is -0.235. The quantitative estimate of drug-likeness (QED) is 0.908. The summed E-state index contributed by atoms with van der Waals surface area (Å²) < 4.78 is 0. The summed E-state index contributed by atoms with van der Waals surface area (Å²) in [6.07, 6.45) is 0. The Balaban J connectivity index is 1.83. The van der Waals surface area contributed by atoms with E-state index in [-0.39, 0.29) is 11.9 Å². The SMILES string of the molecule is CNC1C(=O)Nc2cc(N(C)Cc3ccsc3)ccc21. The van der Waals surface area contributed by atoms with Crippen LogP contribution in [0.5, 0.6) is 0 Å². The number of likely N-dealkylation sites (N-methyl/N-ethyl adjacent to an activating group) is 1. The standard InChI is InChI=1S/C15H17N3OS/c1-16-14-12-4-3-11(7-13(12)17-15(14)19)18(2)8-10-5-6-20-9-10/h3-7,9,14,16H,8H2,1-2H3,(H,17,19). The van der Waals surface area contributed by atoms with Crippen LogP contribution in [0.2, 0.25) is 0 Å². The highest BCUT2D eigenvalue weighted by molar-refractivity contribution is 7.07. The van der Waals surface area contributed by atoms with Crippen molar-refractivity contribution < 1.29 is 4.79 Å². The summed E-state index contributed by atoms with van der Waals surface area (Å²) in [5.74, 6) is 0.0140. The summed E-state index contributed by atoms with van der Waals surface area (Å²) in [5.41, 5.74) is 4.33. The molecule has 104 valence electrons. The van der Waals surface area contributed by atoms with Gasteiger partial charge in [-0.25, -0.2) is 0 Å². The van der Waals surface area contributed by atoms with E-state index < -0.39 is 0 Å². The van der Waals surface area contributed by atoms with Gasteiger partial charge in [0.25, 0.3) is 0 Å². The largest absolute Gasteiger partial charge is 0.370 e. The van der Waals surface area contributed by atoms with Gasteiger partial charge in [-0.15, -0.1) is 0 Å². The molecule has 0 bridgehead atoms. The first-order chi connectivity index (χ1) is 9.69. The Morgan fingerprint density at radius 3 is 2.95 bits per heavy atom. The summed E-state index contributed by atoms with van der Waals surface area (Å²) >= 11 is 1.71. The first-order valence-electron chi connectivity index (χ1n) is 6.53. The molecule has 1 amide bonds. The number of fused-ring (bicyclic) bond motifs is 1. The van der Waals surface area contributed by atoms with Crippen molar-refractivity contribution in [3.8, 4) is 0 Å². The zero-order valence-electron chi connectivity index (χ0n) is 11.5. The van der Waals surface area contributed by atoms with E-state index in [1.54, 1.807) is 18.4 Å². The Bertz CT molecular complexity index is 624. The van der Waals surface area contributed by atoms with Crippen molar-refractivity contribution in [1.82, 2.24) is 5.32 Å². The van der Waals surface area contributed by atoms with Crippen LogP contribution >= 0.6 is 11.3 Å². The number of thiophene rings is 1. The molecule has 20 heavy (non-hydrogen) atoms. The van der Waals surface area contributed by atoms with E-state index in [4.69, 9.17) is 0 Å². The molecule has 2 heterocycles. The van der Waals surface area contributed by atoms with E-state index >= 15 is 0 Å². The molecule has 2 aromatic rings. The minimum Gasteiger partial charge on any atom is -0.370 e. The molecule has 0 saturated carbocycles. The van der Waals surface area contributed by atoms with Gasteiger partial charge in [0.05, 0.1) is 0 Å². The molecular formula is C15H17N3OS. The van der Waals surface area contributed by atoms with E-state index in [0.717, 1.165) is 23.5 Å². The van der Waals surface area contributed by atoms with Crippen molar-refractivity contribution in [2.24, 2.45) is 0 Å². The van der Waals surface area contributed by atoms with E-state index in [2.05, 4.69) is 45.5 Å². The van der Waals surface area contributed by atoms with E-state index in [1.165, 1.54) is 5.56 Å². The maximum Gasteiger partial charge on any atom is 0.246 e. The maximum atomic E-state index is 11.8. The van der Waals surface area contributed by atoms with Gasteiger partial charge in [0.15, 0.2) is 0 Å². The van der Waals surface area contributed by atoms with Gasteiger partial charge in [-0.2, -0.15) is 11.3 Å². The van der Waals surface area contributed by atoms with Crippen molar-refractivity contribution in [1.29, 1.82) is 0 Å². The third kappa shape index (κ3) is 2.30. The number of nitrogens with zero attached hydrogens (tertiary/aromatic N) is 1. The molecule has 2 N–H and O–H groups in total. The van der Waals surface area contributed by atoms with Crippen LogP contribution < -0.4 is 15.5 Å². The van der Waals surface area contributed by atoms with E-state index in [9.17, 15) is 4.79 Å². The van der Waals surface area contributed by atoms with Gasteiger partial charge in [0, 0.05) is 30.5 Å². The normalized spacial score (nSPS) is 16.9. The second kappa shape index (κ2) is 5.26. The summed E-state index contributed by atoms with van der Waals surface area (Å²) in [6, 6.07) is 8.02. The first kappa shape index (κ1) is 13.1. The fourth-order valence-corrected chi connectivity index (χ4v) is 3.18. The summed E-state index contributed by atoms with van der Waals surface area (Å²) in [7, 11) is 3.86. The van der Waals surface area contributed by atoms with E-state index in [1.807, 2.05) is 12.1 Å². The third-order valence-electron chi connectivity index (χ3n) is 3.60. The maximum absolute atomic E-state index is 11.8. The van der Waals surface area contributed by atoms with Crippen molar-refractivity contribution in [3.63, 3.8) is 0 Å². The van der Waals surface area contributed by atoms with Crippen molar-refractivity contribution in [2.75, 3.05) is 24.3 Å². The van der Waals surface area contributed by atoms with Crippen molar-refractivity contribution >= 4 is 28.6 Å². The zero-order valence-corrected chi connectivity index (χ0v) is 12.3. The number of benzene rings is 1. The monoisotopic (exact) mass is 287 g/mol. The molecule has 1 atom stereocenters. The molecule has 1 aliphatic heterocycles. The molecular weight excluding hydrogens is 270 g/mol. The molecule has 3 rings (SSSR count). The van der Waals surface area contributed by atoms with Gasteiger partial charge >= 0.3 is 0 Å². The highest BCUT2D eigenvalue weighted by atomic mass is 32.1. The smallest absolute Gasteiger partial charge is 0.246 e. The molecule has 5 heteroatoms. The Kier molecular flexibility index (Phi) is 3.46. The number of carbonyl (C=O) groups is 1. The van der Waals surface area contributed by atoms with Gasteiger partial charge in [0.2, 0.25) is 5.91 Å². The highest BCUT2D eigenvalue weighted by Gasteiger charge is 2.29. The van der Waals surface area contributed by atoms with Crippen LogP contribution in [0.1, 0.15) is 17.2 Å². The first-order valence-corrected chi connectivity index (χ1v) is 7.47. The number of amides is 1. The number of anilines is 2. The minimum absolute atomic E-state index is 0.0140. The second-order valence-electron chi connectivity index (χ2n) is 4.97. The lowest BCUT2D eigenvalue weighted by Crippen LogP contribution is -2.23. The number of carbonyl (C=O) groups excluding carboxylic acids is 1. The average molecular weight is 287 g/mol. The van der Waals surface area contributed by atoms with Crippen molar-refractivity contribution in [2.45, 2.75) is 12.6 Å². The van der Waals surface area contributed by atoms with Crippen LogP contribution in [-0.4, -0.2) is 20.0 Å². The fraction of sp³-hybridized carbons (Fsp3) is 0.267. The van der Waals surface area contributed by atoms with Gasteiger partial charge in [-0.3, -0.25) is 4.79 Å². The Morgan fingerprint density at radius 2 is 2.25 bits per heavy atom. The predicted molar refractivity (Wildman–Crippen MR) is 83.3 cm³/mol. The molecule has 1 aromatic carbocycles. The third-order valence-corrected chi connectivity index (χ3v) is 4.33. The molecule has 0 spiro atoms. The molecule has 0 aliphatic carbocycles. The lowest BCUT2D eigenvalue weighted by Gasteiger charge is -2.19. The van der Waals surface area contributed by atoms with Gasteiger partial charge in [-0.05, 0) is 41.6 Å². The average Bonchev–Trinajstić information content (AvgIpc) is 3.04. The summed E-state index contributed by atoms with van der Waals surface area (Å²) in [6.45, 7) is 0.867. The fourth-order valence-electron chi connectivity index (χ4n) is 2.52. The van der Waals surface area contributed by atoms with Crippen LogP contribution in [0.25, 0.3) is 0 Å². The van der Waals surface area contributed by atoms with Crippen LogP contribution in [0.15, 0.2) is 35.0 Å². The van der Waals surface area contributed by atoms with Crippen LogP contribution in [0, 0.1) is 0 Å². The highest BCUT2D eigenvalue weighted by Crippen LogP contribution is 2.33. The van der Waals surface area contributed by atoms with Crippen molar-refractivity contribution in [3.05, 3.63) is 46.2 Å². The lowest BCUT2D eigenvalue weighted by atomic mass is 10.1. The number of hydrogen-bond donors (Lipinski definition) is 2. The van der Waals surface area contributed by atoms with E-state index in [0.29, 0.717) is 0 Å². The molecule has 0 fully saturated rings. The molecule has 1 unspecified atom stereocenters. The van der Waals surface area contributed by atoms with Gasteiger partial charge < -0.3 is 15.5 Å². The number of hydrogen-bond acceptors (Lipinski definition) is 4. The molecule has 0 radical (unpaired) electrons. The molecule has 1 aliphatic rings. The summed E-state index contributed by atoms with van der Waals surface area (Å²) in [4.78, 5) is 14.0. The predicted octanol–water partition coefficient (Wildman–Crippen LogP) is 2.60. The molecule has 0 saturated heterocycles. The molecule has 1 aromatic heterocycles. The van der Waals surface area contributed by atoms with Crippen LogP contribution in [-0.2, 0) is 11.3 Å². The Labute approximate surface area is 122 Å². The number of rotatable bonds is 4. The van der Waals surface area contributed by atoms with Gasteiger partial charge in [0.1, 0.15) is 6.04 Å². The Morgan fingerprint density at radius 1 is 1.40 bits per heavy atom. The zero-order chi connectivity index (χ0) is 14.1. The van der Waals surface area contributed by atoms with Crippen LogP contribution in [0.4, 0.5) is 11.4 Å². The second-order valence-corrected chi connectivity index (χ2v) is 5.75. The molecule has 4 nitrogen and oxygen atoms in total. The summed E-state index contributed by atoms with van der Waals surface area (Å²) in [5, 5.41) is 10.2. The Hall–Kier alpha value is -1.85. The van der Waals surface area contributed by atoms with Crippen LogP contribution in [0.3, 0.4) is 0 Å². The van der Waals surface area contributed by atoms with Gasteiger partial charge in [-0.1, -0.05) is 6.07 Å². The number of nitrogens with one attached hydrogen (secondary N) is 2. The topological polar surface area (TPSA) is 44.4 Å². The lowest BCUT2D eigenvalue weighted by molar-refractivity contribution is -0.117.